The molecule has 0 atom stereocenters. The normalized spacial score (nSPS) is 11.6. The summed E-state index contributed by atoms with van der Waals surface area (Å²) >= 11 is 0. The fourth-order valence-electron chi connectivity index (χ4n) is 4.24. The molecule has 4 aromatic carbocycles. The Kier molecular flexibility index (Phi) is 5.55. The summed E-state index contributed by atoms with van der Waals surface area (Å²) in [6.07, 6.45) is 0. The first-order chi connectivity index (χ1) is 16.5. The number of carbonyl (C=O) groups excluding carboxylic acids is 1. The van der Waals surface area contributed by atoms with Crippen molar-refractivity contribution in [1.82, 2.24) is 4.57 Å². The van der Waals surface area contributed by atoms with Gasteiger partial charge >= 0.3 is 0 Å². The van der Waals surface area contributed by atoms with E-state index in [0.717, 1.165) is 28.4 Å². The summed E-state index contributed by atoms with van der Waals surface area (Å²) < 4.78 is 30.4. The largest absolute Gasteiger partial charge is 0.341 e. The molecule has 0 aliphatic rings. The zero-order chi connectivity index (χ0) is 23.7. The molecule has 0 fully saturated rings. The van der Waals surface area contributed by atoms with E-state index in [1.54, 1.807) is 42.5 Å². The summed E-state index contributed by atoms with van der Waals surface area (Å²) in [5, 5.41) is 5.09. The summed E-state index contributed by atoms with van der Waals surface area (Å²) in [4.78, 5) is 13.3. The Balaban J connectivity index is 1.47. The number of aromatic nitrogens is 1. The third kappa shape index (κ3) is 3.91. The van der Waals surface area contributed by atoms with Gasteiger partial charge in [-0.15, -0.1) is 0 Å². The van der Waals surface area contributed by atoms with Gasteiger partial charge in [0.25, 0.3) is 15.9 Å². The second-order valence-corrected chi connectivity index (χ2v) is 9.59. The van der Waals surface area contributed by atoms with E-state index in [1.807, 2.05) is 30.3 Å². The number of sulfonamides is 1. The van der Waals surface area contributed by atoms with Crippen molar-refractivity contribution in [3.8, 4) is 0 Å². The van der Waals surface area contributed by atoms with Crippen LogP contribution in [0.5, 0.6) is 0 Å². The highest BCUT2D eigenvalue weighted by Crippen LogP contribution is 2.31. The van der Waals surface area contributed by atoms with Gasteiger partial charge in [-0.1, -0.05) is 48.5 Å². The van der Waals surface area contributed by atoms with Gasteiger partial charge in [0.2, 0.25) is 0 Å². The first-order valence-corrected chi connectivity index (χ1v) is 12.5. The number of fused-ring (bicyclic) bond motifs is 3. The molecule has 0 saturated carbocycles. The summed E-state index contributed by atoms with van der Waals surface area (Å²) in [6.45, 7) is 2.94. The number of anilines is 2. The van der Waals surface area contributed by atoms with Crippen molar-refractivity contribution < 1.29 is 13.2 Å². The molecule has 0 spiro atoms. The lowest BCUT2D eigenvalue weighted by molar-refractivity contribution is 0.102. The molecular weight excluding hydrogens is 446 g/mol. The second-order valence-electron chi connectivity index (χ2n) is 7.91. The molecule has 0 radical (unpaired) electrons. The molecule has 5 aromatic rings. The van der Waals surface area contributed by atoms with E-state index in [1.165, 1.54) is 12.1 Å². The SMILES string of the molecule is CCn1c2ccccc2c2cc(NC(=O)c3ccccc3NS(=O)(=O)c3ccccc3)ccc21. The van der Waals surface area contributed by atoms with Crippen LogP contribution in [0.15, 0.2) is 102 Å². The van der Waals surface area contributed by atoms with Crippen molar-refractivity contribution >= 4 is 49.1 Å². The number of hydrogen-bond acceptors (Lipinski definition) is 3. The quantitative estimate of drug-likeness (QED) is 0.326. The van der Waals surface area contributed by atoms with E-state index in [9.17, 15) is 13.2 Å². The van der Waals surface area contributed by atoms with Gasteiger partial charge in [0, 0.05) is 34.0 Å². The molecule has 7 heteroatoms. The van der Waals surface area contributed by atoms with Crippen molar-refractivity contribution in [2.75, 3.05) is 10.0 Å². The number of nitrogens with one attached hydrogen (secondary N) is 2. The minimum atomic E-state index is -3.83. The summed E-state index contributed by atoms with van der Waals surface area (Å²) in [5.41, 5.74) is 3.32. The fraction of sp³-hybridized carbons (Fsp3) is 0.0741. The van der Waals surface area contributed by atoms with Crippen LogP contribution in [-0.2, 0) is 16.6 Å². The number of carbonyl (C=O) groups is 1. The molecule has 0 unspecified atom stereocenters. The van der Waals surface area contributed by atoms with Gasteiger partial charge in [0.1, 0.15) is 0 Å². The van der Waals surface area contributed by atoms with Gasteiger partial charge in [0.05, 0.1) is 16.1 Å². The Morgan fingerprint density at radius 1 is 0.794 bits per heavy atom. The van der Waals surface area contributed by atoms with Crippen LogP contribution in [0, 0.1) is 0 Å². The molecule has 5 rings (SSSR count). The highest BCUT2D eigenvalue weighted by Gasteiger charge is 2.19. The van der Waals surface area contributed by atoms with Crippen molar-refractivity contribution in [2.24, 2.45) is 0 Å². The van der Waals surface area contributed by atoms with Gasteiger partial charge in [-0.25, -0.2) is 8.42 Å². The Bertz CT molecular complexity index is 1620. The Morgan fingerprint density at radius 3 is 2.26 bits per heavy atom. The second kappa shape index (κ2) is 8.68. The van der Waals surface area contributed by atoms with Crippen molar-refractivity contribution in [3.63, 3.8) is 0 Å². The molecule has 34 heavy (non-hydrogen) atoms. The topological polar surface area (TPSA) is 80.2 Å². The average molecular weight is 470 g/mol. The Labute approximate surface area is 197 Å². The number of benzene rings is 4. The Morgan fingerprint density at radius 2 is 1.47 bits per heavy atom. The van der Waals surface area contributed by atoms with Crippen molar-refractivity contribution in [2.45, 2.75) is 18.4 Å². The van der Waals surface area contributed by atoms with E-state index in [2.05, 4.69) is 33.7 Å². The number of aryl methyl sites for hydroxylation is 1. The van der Waals surface area contributed by atoms with E-state index in [4.69, 9.17) is 0 Å². The highest BCUT2D eigenvalue weighted by atomic mass is 32.2. The molecule has 0 bridgehead atoms. The van der Waals surface area contributed by atoms with Crippen LogP contribution in [0.4, 0.5) is 11.4 Å². The maximum atomic E-state index is 13.2. The minimum absolute atomic E-state index is 0.128. The zero-order valence-electron chi connectivity index (χ0n) is 18.5. The lowest BCUT2D eigenvalue weighted by Crippen LogP contribution is -2.18. The lowest BCUT2D eigenvalue weighted by Gasteiger charge is -2.13. The average Bonchev–Trinajstić information content (AvgIpc) is 3.17. The molecule has 0 aliphatic heterocycles. The van der Waals surface area contributed by atoms with Gasteiger partial charge in [0.15, 0.2) is 0 Å². The van der Waals surface area contributed by atoms with Crippen LogP contribution in [0.1, 0.15) is 17.3 Å². The third-order valence-electron chi connectivity index (χ3n) is 5.82. The van der Waals surface area contributed by atoms with Gasteiger partial charge in [-0.3, -0.25) is 9.52 Å². The van der Waals surface area contributed by atoms with Crippen LogP contribution in [-0.4, -0.2) is 18.9 Å². The predicted octanol–water partition coefficient (Wildman–Crippen LogP) is 5.87. The zero-order valence-corrected chi connectivity index (χ0v) is 19.3. The van der Waals surface area contributed by atoms with E-state index < -0.39 is 15.9 Å². The molecule has 0 saturated heterocycles. The van der Waals surface area contributed by atoms with Crippen LogP contribution in [0.2, 0.25) is 0 Å². The van der Waals surface area contributed by atoms with Crippen molar-refractivity contribution in [1.29, 1.82) is 0 Å². The van der Waals surface area contributed by atoms with E-state index in [0.29, 0.717) is 5.69 Å². The monoisotopic (exact) mass is 469 g/mol. The first kappa shape index (κ1) is 21.7. The van der Waals surface area contributed by atoms with Crippen LogP contribution >= 0.6 is 0 Å². The smallest absolute Gasteiger partial charge is 0.261 e. The predicted molar refractivity (Wildman–Crippen MR) is 137 cm³/mol. The molecule has 0 aliphatic carbocycles. The summed E-state index contributed by atoms with van der Waals surface area (Å²) in [6, 6.07) is 28.6. The first-order valence-electron chi connectivity index (χ1n) is 11.0. The number of para-hydroxylation sites is 2. The van der Waals surface area contributed by atoms with Crippen molar-refractivity contribution in [3.05, 3.63) is 103 Å². The molecule has 2 N–H and O–H groups in total. The molecular formula is C27H23N3O3S. The molecule has 6 nitrogen and oxygen atoms in total. The van der Waals surface area contributed by atoms with Gasteiger partial charge < -0.3 is 9.88 Å². The standard InChI is InChI=1S/C27H23N3O3S/c1-2-30-25-15-9-7-12-21(25)23-18-19(16-17-26(23)30)28-27(31)22-13-6-8-14-24(22)29-34(32,33)20-10-4-3-5-11-20/h3-18,29H,2H2,1H3,(H,28,31). The maximum Gasteiger partial charge on any atom is 0.261 e. The molecule has 1 amide bonds. The number of nitrogens with zero attached hydrogens (tertiary/aromatic N) is 1. The molecule has 170 valence electrons. The highest BCUT2D eigenvalue weighted by molar-refractivity contribution is 7.92. The third-order valence-corrected chi connectivity index (χ3v) is 7.20. The molecule has 1 aromatic heterocycles. The van der Waals surface area contributed by atoms with E-state index in [-0.39, 0.29) is 16.1 Å². The summed E-state index contributed by atoms with van der Waals surface area (Å²) in [5.74, 6) is -0.398. The Hall–Kier alpha value is -4.10. The van der Waals surface area contributed by atoms with Crippen LogP contribution < -0.4 is 10.0 Å². The van der Waals surface area contributed by atoms with Gasteiger partial charge in [-0.2, -0.15) is 0 Å². The summed E-state index contributed by atoms with van der Waals surface area (Å²) in [7, 11) is -3.83. The number of amides is 1. The van der Waals surface area contributed by atoms with Crippen LogP contribution in [0.3, 0.4) is 0 Å². The fourth-order valence-corrected chi connectivity index (χ4v) is 5.34. The molecule has 1 heterocycles. The maximum absolute atomic E-state index is 13.2. The van der Waals surface area contributed by atoms with Crippen LogP contribution in [0.25, 0.3) is 21.8 Å². The number of rotatable bonds is 6. The number of hydrogen-bond donors (Lipinski definition) is 2. The minimum Gasteiger partial charge on any atom is -0.341 e. The van der Waals surface area contributed by atoms with Gasteiger partial charge in [-0.05, 0) is 55.5 Å². The lowest BCUT2D eigenvalue weighted by atomic mass is 10.1. The van der Waals surface area contributed by atoms with E-state index >= 15 is 0 Å².